The van der Waals surface area contributed by atoms with Gasteiger partial charge in [-0.1, -0.05) is 35.9 Å². The molecular formula is C19H15ClN4O. The Morgan fingerprint density at radius 3 is 2.48 bits per heavy atom. The number of nitrogens with zero attached hydrogens (tertiary/aromatic N) is 2. The standard InChI is InChI=1S/C19H15ClN4O/c20-16-8-6-14(7-9-16)18-12-17(23-24-18)13-2-4-15(5-3-13)19(25)22-11-1-10-21/h2-9,12H,1,11H2,(H,22,25)(H,23,24). The van der Waals surface area contributed by atoms with E-state index in [1.165, 1.54) is 0 Å². The number of carbonyl (C=O) groups is 1. The van der Waals surface area contributed by atoms with Crippen molar-refractivity contribution >= 4 is 17.5 Å². The number of halogens is 1. The third-order valence-corrected chi connectivity index (χ3v) is 3.95. The van der Waals surface area contributed by atoms with Crippen LogP contribution < -0.4 is 5.32 Å². The minimum atomic E-state index is -0.189. The Morgan fingerprint density at radius 1 is 1.12 bits per heavy atom. The lowest BCUT2D eigenvalue weighted by Crippen LogP contribution is -2.24. The highest BCUT2D eigenvalue weighted by molar-refractivity contribution is 6.30. The number of rotatable bonds is 5. The number of nitrogens with one attached hydrogen (secondary N) is 2. The molecule has 0 spiro atoms. The molecule has 0 aliphatic rings. The summed E-state index contributed by atoms with van der Waals surface area (Å²) in [7, 11) is 0. The van der Waals surface area contributed by atoms with Gasteiger partial charge < -0.3 is 5.32 Å². The van der Waals surface area contributed by atoms with Gasteiger partial charge in [0.25, 0.3) is 5.91 Å². The first-order chi connectivity index (χ1) is 12.2. The maximum Gasteiger partial charge on any atom is 0.251 e. The second-order valence-corrected chi connectivity index (χ2v) is 5.85. The zero-order chi connectivity index (χ0) is 17.6. The molecule has 0 saturated heterocycles. The van der Waals surface area contributed by atoms with Crippen molar-refractivity contribution in [3.63, 3.8) is 0 Å². The van der Waals surface area contributed by atoms with Crippen molar-refractivity contribution in [3.05, 3.63) is 65.2 Å². The quantitative estimate of drug-likeness (QED) is 0.681. The van der Waals surface area contributed by atoms with Crippen molar-refractivity contribution in [2.75, 3.05) is 6.54 Å². The number of amides is 1. The van der Waals surface area contributed by atoms with Crippen molar-refractivity contribution in [2.45, 2.75) is 6.42 Å². The van der Waals surface area contributed by atoms with Crippen molar-refractivity contribution in [2.24, 2.45) is 0 Å². The lowest BCUT2D eigenvalue weighted by atomic mass is 10.1. The Bertz CT molecular complexity index is 908. The van der Waals surface area contributed by atoms with Gasteiger partial charge in [0.1, 0.15) is 0 Å². The first-order valence-corrected chi connectivity index (χ1v) is 8.12. The molecule has 0 saturated carbocycles. The van der Waals surface area contributed by atoms with Crippen LogP contribution in [0.3, 0.4) is 0 Å². The number of aromatic amines is 1. The summed E-state index contributed by atoms with van der Waals surface area (Å²) in [5.41, 5.74) is 4.14. The topological polar surface area (TPSA) is 81.6 Å². The summed E-state index contributed by atoms with van der Waals surface area (Å²) in [6, 6.07) is 18.6. The minimum Gasteiger partial charge on any atom is -0.351 e. The molecule has 0 bridgehead atoms. The van der Waals surface area contributed by atoms with E-state index in [0.717, 1.165) is 22.5 Å². The molecular weight excluding hydrogens is 336 g/mol. The van der Waals surface area contributed by atoms with Gasteiger partial charge in [0.15, 0.2) is 0 Å². The van der Waals surface area contributed by atoms with Crippen LogP contribution in [0.4, 0.5) is 0 Å². The lowest BCUT2D eigenvalue weighted by Gasteiger charge is -2.03. The Morgan fingerprint density at radius 2 is 1.80 bits per heavy atom. The molecule has 3 rings (SSSR count). The first kappa shape index (κ1) is 16.7. The van der Waals surface area contributed by atoms with Gasteiger partial charge >= 0.3 is 0 Å². The van der Waals surface area contributed by atoms with E-state index < -0.39 is 0 Å². The molecule has 2 aromatic carbocycles. The predicted octanol–water partition coefficient (Wildman–Crippen LogP) is 4.04. The monoisotopic (exact) mass is 350 g/mol. The van der Waals surface area contributed by atoms with E-state index in [1.54, 1.807) is 12.1 Å². The number of nitriles is 1. The van der Waals surface area contributed by atoms with E-state index in [2.05, 4.69) is 15.5 Å². The molecule has 5 nitrogen and oxygen atoms in total. The van der Waals surface area contributed by atoms with Gasteiger partial charge in [-0.05, 0) is 35.9 Å². The second kappa shape index (κ2) is 7.65. The Hall–Kier alpha value is -3.10. The highest BCUT2D eigenvalue weighted by Crippen LogP contribution is 2.25. The van der Waals surface area contributed by atoms with Crippen LogP contribution in [-0.4, -0.2) is 22.6 Å². The minimum absolute atomic E-state index is 0.189. The summed E-state index contributed by atoms with van der Waals surface area (Å²) < 4.78 is 0. The molecule has 0 radical (unpaired) electrons. The van der Waals surface area contributed by atoms with Crippen LogP contribution in [0.15, 0.2) is 54.6 Å². The number of carbonyl (C=O) groups excluding carboxylic acids is 1. The number of H-pyrrole nitrogens is 1. The molecule has 1 aromatic heterocycles. The maximum atomic E-state index is 11.9. The molecule has 124 valence electrons. The Balaban J connectivity index is 1.74. The van der Waals surface area contributed by atoms with Crippen LogP contribution in [0.25, 0.3) is 22.5 Å². The van der Waals surface area contributed by atoms with E-state index >= 15 is 0 Å². The smallest absolute Gasteiger partial charge is 0.251 e. The van der Waals surface area contributed by atoms with Gasteiger partial charge in [0, 0.05) is 22.7 Å². The number of aromatic nitrogens is 2. The summed E-state index contributed by atoms with van der Waals surface area (Å²) in [5.74, 6) is -0.189. The van der Waals surface area contributed by atoms with Gasteiger partial charge in [-0.15, -0.1) is 0 Å². The van der Waals surface area contributed by atoms with Crippen LogP contribution in [0.2, 0.25) is 5.02 Å². The molecule has 25 heavy (non-hydrogen) atoms. The van der Waals surface area contributed by atoms with Crippen molar-refractivity contribution in [1.29, 1.82) is 5.26 Å². The van der Waals surface area contributed by atoms with Crippen LogP contribution >= 0.6 is 11.6 Å². The van der Waals surface area contributed by atoms with Crippen LogP contribution in [0.5, 0.6) is 0 Å². The fraction of sp³-hybridized carbons (Fsp3) is 0.105. The largest absolute Gasteiger partial charge is 0.351 e. The van der Waals surface area contributed by atoms with Gasteiger partial charge in [-0.2, -0.15) is 10.4 Å². The van der Waals surface area contributed by atoms with E-state index in [9.17, 15) is 4.79 Å². The zero-order valence-electron chi connectivity index (χ0n) is 13.3. The zero-order valence-corrected chi connectivity index (χ0v) is 14.0. The van der Waals surface area contributed by atoms with Crippen LogP contribution in [0, 0.1) is 11.3 Å². The highest BCUT2D eigenvalue weighted by Gasteiger charge is 2.08. The second-order valence-electron chi connectivity index (χ2n) is 5.42. The van der Waals surface area contributed by atoms with Gasteiger partial charge in [0.2, 0.25) is 0 Å². The van der Waals surface area contributed by atoms with E-state index in [-0.39, 0.29) is 5.91 Å². The van der Waals surface area contributed by atoms with Crippen molar-refractivity contribution in [1.82, 2.24) is 15.5 Å². The van der Waals surface area contributed by atoms with Crippen LogP contribution in [0.1, 0.15) is 16.8 Å². The molecule has 6 heteroatoms. The van der Waals surface area contributed by atoms with Gasteiger partial charge in [0.05, 0.1) is 23.9 Å². The summed E-state index contributed by atoms with van der Waals surface area (Å²) >= 11 is 5.91. The third-order valence-electron chi connectivity index (χ3n) is 3.70. The third kappa shape index (κ3) is 4.06. The predicted molar refractivity (Wildman–Crippen MR) is 97.0 cm³/mol. The van der Waals surface area contributed by atoms with Crippen molar-refractivity contribution < 1.29 is 4.79 Å². The highest BCUT2D eigenvalue weighted by atomic mass is 35.5. The average molecular weight is 351 g/mol. The van der Waals surface area contributed by atoms with E-state index in [0.29, 0.717) is 23.6 Å². The van der Waals surface area contributed by atoms with Crippen LogP contribution in [-0.2, 0) is 0 Å². The SMILES string of the molecule is N#CCCNC(=O)c1ccc(-c2cc(-c3ccc(Cl)cc3)[nH]n2)cc1. The number of benzene rings is 2. The molecule has 1 heterocycles. The average Bonchev–Trinajstić information content (AvgIpc) is 3.13. The molecule has 0 atom stereocenters. The first-order valence-electron chi connectivity index (χ1n) is 7.74. The normalized spacial score (nSPS) is 10.2. The fourth-order valence-electron chi connectivity index (χ4n) is 2.37. The number of hydrogen-bond acceptors (Lipinski definition) is 3. The van der Waals surface area contributed by atoms with Crippen molar-refractivity contribution in [3.8, 4) is 28.6 Å². The molecule has 0 unspecified atom stereocenters. The molecule has 3 aromatic rings. The molecule has 0 aliphatic carbocycles. The maximum absolute atomic E-state index is 11.9. The summed E-state index contributed by atoms with van der Waals surface area (Å²) in [6.07, 6.45) is 0.296. The molecule has 0 fully saturated rings. The summed E-state index contributed by atoms with van der Waals surface area (Å²) in [5, 5.41) is 19.2. The Labute approximate surface area is 150 Å². The molecule has 1 amide bonds. The number of hydrogen-bond donors (Lipinski definition) is 2. The molecule has 2 N–H and O–H groups in total. The Kier molecular flexibility index (Phi) is 5.12. The van der Waals surface area contributed by atoms with E-state index in [4.69, 9.17) is 16.9 Å². The lowest BCUT2D eigenvalue weighted by molar-refractivity contribution is 0.0954. The van der Waals surface area contributed by atoms with E-state index in [1.807, 2.05) is 48.5 Å². The molecule has 0 aliphatic heterocycles. The van der Waals surface area contributed by atoms with Gasteiger partial charge in [-0.25, -0.2) is 0 Å². The summed E-state index contributed by atoms with van der Waals surface area (Å²) in [6.45, 7) is 0.348. The van der Waals surface area contributed by atoms with Gasteiger partial charge in [-0.3, -0.25) is 9.89 Å². The summed E-state index contributed by atoms with van der Waals surface area (Å²) in [4.78, 5) is 11.9. The fourth-order valence-corrected chi connectivity index (χ4v) is 2.50.